The Bertz CT molecular complexity index is 377. The van der Waals surface area contributed by atoms with Gasteiger partial charge in [0.25, 0.3) is 0 Å². The first-order chi connectivity index (χ1) is 9.19. The van der Waals surface area contributed by atoms with Crippen LogP contribution in [0.2, 0.25) is 0 Å². The van der Waals surface area contributed by atoms with Crippen molar-refractivity contribution in [3.8, 4) is 0 Å². The standard InChI is InChI=1S/C13H25N5O/c1-3-5-7-11(6-4-2)15-13(19)10-18-9-12(8-14)16-17-18/h9,11H,3-8,10,14H2,1-2H3,(H,15,19). The van der Waals surface area contributed by atoms with Gasteiger partial charge in [0.1, 0.15) is 6.54 Å². The lowest BCUT2D eigenvalue weighted by Gasteiger charge is -2.17. The molecule has 6 heteroatoms. The maximum absolute atomic E-state index is 11.9. The molecule has 108 valence electrons. The van der Waals surface area contributed by atoms with Crippen molar-refractivity contribution in [1.82, 2.24) is 20.3 Å². The van der Waals surface area contributed by atoms with E-state index in [-0.39, 0.29) is 18.5 Å². The summed E-state index contributed by atoms with van der Waals surface area (Å²) in [4.78, 5) is 11.9. The van der Waals surface area contributed by atoms with Crippen molar-refractivity contribution in [2.45, 2.75) is 65.1 Å². The predicted molar refractivity (Wildman–Crippen MR) is 74.3 cm³/mol. The van der Waals surface area contributed by atoms with Crippen LogP contribution in [0.5, 0.6) is 0 Å². The molecule has 1 atom stereocenters. The van der Waals surface area contributed by atoms with Crippen molar-refractivity contribution in [1.29, 1.82) is 0 Å². The van der Waals surface area contributed by atoms with Gasteiger partial charge in [-0.25, -0.2) is 4.68 Å². The van der Waals surface area contributed by atoms with Crippen LogP contribution in [-0.4, -0.2) is 26.9 Å². The molecular formula is C13H25N5O. The number of hydrogen-bond donors (Lipinski definition) is 2. The van der Waals surface area contributed by atoms with Gasteiger partial charge in [0, 0.05) is 12.6 Å². The number of hydrogen-bond acceptors (Lipinski definition) is 4. The van der Waals surface area contributed by atoms with Gasteiger partial charge in [0.05, 0.1) is 11.9 Å². The van der Waals surface area contributed by atoms with Crippen LogP contribution in [0.15, 0.2) is 6.20 Å². The van der Waals surface area contributed by atoms with Crippen molar-refractivity contribution in [2.75, 3.05) is 0 Å². The van der Waals surface area contributed by atoms with Gasteiger partial charge in [-0.3, -0.25) is 4.79 Å². The van der Waals surface area contributed by atoms with Crippen LogP contribution in [0.3, 0.4) is 0 Å². The normalized spacial score (nSPS) is 12.4. The molecule has 0 saturated heterocycles. The Morgan fingerprint density at radius 2 is 2.21 bits per heavy atom. The summed E-state index contributed by atoms with van der Waals surface area (Å²) < 4.78 is 1.53. The minimum Gasteiger partial charge on any atom is -0.352 e. The lowest BCUT2D eigenvalue weighted by molar-refractivity contribution is -0.122. The summed E-state index contributed by atoms with van der Waals surface area (Å²) in [5.74, 6) is -0.0111. The molecule has 1 aromatic rings. The van der Waals surface area contributed by atoms with Crippen LogP contribution < -0.4 is 11.1 Å². The Balaban J connectivity index is 2.42. The Labute approximate surface area is 114 Å². The van der Waals surface area contributed by atoms with Gasteiger partial charge < -0.3 is 11.1 Å². The van der Waals surface area contributed by atoms with Crippen molar-refractivity contribution < 1.29 is 4.79 Å². The number of rotatable bonds is 9. The highest BCUT2D eigenvalue weighted by atomic mass is 16.2. The van der Waals surface area contributed by atoms with Crippen LogP contribution >= 0.6 is 0 Å². The monoisotopic (exact) mass is 267 g/mol. The van der Waals surface area contributed by atoms with E-state index in [2.05, 4.69) is 29.5 Å². The molecule has 1 aromatic heterocycles. The molecule has 0 bridgehead atoms. The highest BCUT2D eigenvalue weighted by Gasteiger charge is 2.12. The number of unbranched alkanes of at least 4 members (excludes halogenated alkanes) is 1. The third kappa shape index (κ3) is 5.83. The molecule has 3 N–H and O–H groups in total. The third-order valence-corrected chi connectivity index (χ3v) is 3.01. The molecular weight excluding hydrogens is 242 g/mol. The second-order valence-electron chi connectivity index (χ2n) is 4.81. The number of amides is 1. The highest BCUT2D eigenvalue weighted by molar-refractivity contribution is 5.75. The minimum absolute atomic E-state index is 0.0111. The first-order valence-corrected chi connectivity index (χ1v) is 7.08. The fourth-order valence-electron chi connectivity index (χ4n) is 2.02. The average Bonchev–Trinajstić information content (AvgIpc) is 2.83. The van der Waals surface area contributed by atoms with Crippen molar-refractivity contribution in [2.24, 2.45) is 5.73 Å². The lowest BCUT2D eigenvalue weighted by Crippen LogP contribution is -2.37. The summed E-state index contributed by atoms with van der Waals surface area (Å²) >= 11 is 0. The van der Waals surface area contributed by atoms with Crippen LogP contribution in [0, 0.1) is 0 Å². The summed E-state index contributed by atoms with van der Waals surface area (Å²) in [5.41, 5.74) is 6.15. The van der Waals surface area contributed by atoms with Crippen molar-refractivity contribution in [3.63, 3.8) is 0 Å². The number of carbonyl (C=O) groups excluding carboxylic acids is 1. The minimum atomic E-state index is -0.0111. The second-order valence-corrected chi connectivity index (χ2v) is 4.81. The van der Waals surface area contributed by atoms with Gasteiger partial charge in [-0.2, -0.15) is 0 Å². The van der Waals surface area contributed by atoms with Crippen LogP contribution in [-0.2, 0) is 17.9 Å². The smallest absolute Gasteiger partial charge is 0.242 e. The summed E-state index contributed by atoms with van der Waals surface area (Å²) in [6.07, 6.45) is 7.15. The number of carbonyl (C=O) groups is 1. The molecule has 0 radical (unpaired) electrons. The second kappa shape index (κ2) is 8.63. The molecule has 0 spiro atoms. The van der Waals surface area contributed by atoms with Crippen molar-refractivity contribution in [3.05, 3.63) is 11.9 Å². The molecule has 19 heavy (non-hydrogen) atoms. The SMILES string of the molecule is CCCCC(CCC)NC(=O)Cn1cc(CN)nn1. The quantitative estimate of drug-likeness (QED) is 0.704. The molecule has 0 aliphatic heterocycles. The van der Waals surface area contributed by atoms with E-state index < -0.39 is 0 Å². The zero-order valence-corrected chi connectivity index (χ0v) is 11.9. The summed E-state index contributed by atoms with van der Waals surface area (Å²) in [5, 5.41) is 10.8. The number of nitrogens with one attached hydrogen (secondary N) is 1. The van der Waals surface area contributed by atoms with E-state index in [0.717, 1.165) is 32.1 Å². The van der Waals surface area contributed by atoms with Gasteiger partial charge in [-0.1, -0.05) is 38.3 Å². The Kier molecular flexibility index (Phi) is 7.10. The average molecular weight is 267 g/mol. The maximum Gasteiger partial charge on any atom is 0.242 e. The van der Waals surface area contributed by atoms with E-state index in [1.165, 1.54) is 4.68 Å². The summed E-state index contributed by atoms with van der Waals surface area (Å²) in [6, 6.07) is 0.273. The molecule has 1 rings (SSSR count). The molecule has 0 aromatic carbocycles. The Hall–Kier alpha value is -1.43. The molecule has 6 nitrogen and oxygen atoms in total. The first kappa shape index (κ1) is 15.6. The van der Waals surface area contributed by atoms with E-state index >= 15 is 0 Å². The predicted octanol–water partition coefficient (Wildman–Crippen LogP) is 1.21. The molecule has 0 aliphatic rings. The largest absolute Gasteiger partial charge is 0.352 e. The van der Waals surface area contributed by atoms with E-state index in [4.69, 9.17) is 5.73 Å². The zero-order chi connectivity index (χ0) is 14.1. The molecule has 1 unspecified atom stereocenters. The number of nitrogens with two attached hydrogens (primary N) is 1. The van der Waals surface area contributed by atoms with E-state index in [1.807, 2.05) is 0 Å². The van der Waals surface area contributed by atoms with Gasteiger partial charge >= 0.3 is 0 Å². The summed E-state index contributed by atoms with van der Waals surface area (Å²) in [7, 11) is 0. The first-order valence-electron chi connectivity index (χ1n) is 7.08. The maximum atomic E-state index is 11.9. The fraction of sp³-hybridized carbons (Fsp3) is 0.769. The van der Waals surface area contributed by atoms with Gasteiger partial charge in [-0.05, 0) is 12.8 Å². The molecule has 1 amide bonds. The van der Waals surface area contributed by atoms with Gasteiger partial charge in [0.15, 0.2) is 0 Å². The number of nitrogens with zero attached hydrogens (tertiary/aromatic N) is 3. The van der Waals surface area contributed by atoms with E-state index in [9.17, 15) is 4.79 Å². The zero-order valence-electron chi connectivity index (χ0n) is 11.9. The molecule has 0 saturated carbocycles. The van der Waals surface area contributed by atoms with E-state index in [1.54, 1.807) is 6.20 Å². The topological polar surface area (TPSA) is 85.8 Å². The van der Waals surface area contributed by atoms with Gasteiger partial charge in [-0.15, -0.1) is 5.10 Å². The van der Waals surface area contributed by atoms with Crippen LogP contribution in [0.25, 0.3) is 0 Å². The van der Waals surface area contributed by atoms with E-state index in [0.29, 0.717) is 12.2 Å². The fourth-order valence-corrected chi connectivity index (χ4v) is 2.02. The molecule has 0 aliphatic carbocycles. The summed E-state index contributed by atoms with van der Waals surface area (Å²) in [6.45, 7) is 4.85. The van der Waals surface area contributed by atoms with Crippen molar-refractivity contribution >= 4 is 5.91 Å². The molecule has 1 heterocycles. The number of aromatic nitrogens is 3. The third-order valence-electron chi connectivity index (χ3n) is 3.01. The van der Waals surface area contributed by atoms with Gasteiger partial charge in [0.2, 0.25) is 5.91 Å². The highest BCUT2D eigenvalue weighted by Crippen LogP contribution is 2.06. The van der Waals surface area contributed by atoms with Crippen LogP contribution in [0.4, 0.5) is 0 Å². The molecule has 0 fully saturated rings. The Morgan fingerprint density at radius 3 is 2.79 bits per heavy atom. The van der Waals surface area contributed by atoms with Crippen LogP contribution in [0.1, 0.15) is 51.6 Å². The Morgan fingerprint density at radius 1 is 1.42 bits per heavy atom. The lowest BCUT2D eigenvalue weighted by atomic mass is 10.1.